The summed E-state index contributed by atoms with van der Waals surface area (Å²) in [5, 5.41) is 12.8. The van der Waals surface area contributed by atoms with Crippen LogP contribution in [0.1, 0.15) is 33.9 Å². The molecule has 9 heteroatoms. The van der Waals surface area contributed by atoms with E-state index in [1.165, 1.54) is 11.8 Å². The molecule has 3 amide bonds. The van der Waals surface area contributed by atoms with E-state index in [2.05, 4.69) is 10.2 Å². The van der Waals surface area contributed by atoms with E-state index in [1.807, 2.05) is 24.3 Å². The van der Waals surface area contributed by atoms with Crippen LogP contribution in [-0.4, -0.2) is 71.2 Å². The Morgan fingerprint density at radius 3 is 2.85 bits per heavy atom. The lowest BCUT2D eigenvalue weighted by Gasteiger charge is -2.32. The molecule has 0 spiro atoms. The van der Waals surface area contributed by atoms with Crippen LogP contribution in [0.2, 0.25) is 0 Å². The van der Waals surface area contributed by atoms with Gasteiger partial charge in [-0.15, -0.1) is 11.8 Å². The highest BCUT2D eigenvalue weighted by Crippen LogP contribution is 2.32. The van der Waals surface area contributed by atoms with Gasteiger partial charge in [-0.05, 0) is 41.8 Å². The molecule has 2 heterocycles. The van der Waals surface area contributed by atoms with Crippen LogP contribution in [0.4, 0.5) is 5.69 Å². The molecule has 0 aliphatic carbocycles. The van der Waals surface area contributed by atoms with Gasteiger partial charge in [0.1, 0.15) is 0 Å². The lowest BCUT2D eigenvalue weighted by atomic mass is 10.0. The van der Waals surface area contributed by atoms with Crippen molar-refractivity contribution in [2.45, 2.75) is 29.9 Å². The van der Waals surface area contributed by atoms with E-state index in [4.69, 9.17) is 5.73 Å². The maximum Gasteiger partial charge on any atom is 0.248 e. The summed E-state index contributed by atoms with van der Waals surface area (Å²) in [4.78, 5) is 41.5. The fourth-order valence-corrected chi connectivity index (χ4v) is 5.08. The Bertz CT molecular complexity index is 1080. The van der Waals surface area contributed by atoms with E-state index >= 15 is 0 Å². The molecular weight excluding hydrogens is 440 g/mol. The number of aliphatic hydroxyl groups excluding tert-OH is 1. The normalized spacial score (nSPS) is 19.0. The number of carbonyl (C=O) groups excluding carboxylic acids is 3. The van der Waals surface area contributed by atoms with Crippen molar-refractivity contribution in [1.82, 2.24) is 9.80 Å². The van der Waals surface area contributed by atoms with Crippen LogP contribution in [0.5, 0.6) is 0 Å². The van der Waals surface area contributed by atoms with E-state index in [-0.39, 0.29) is 30.4 Å². The summed E-state index contributed by atoms with van der Waals surface area (Å²) in [5.74, 6) is -0.255. The maximum atomic E-state index is 13.3. The van der Waals surface area contributed by atoms with Crippen molar-refractivity contribution in [3.8, 4) is 0 Å². The SMILES string of the molecule is CN(C(=O)Cc1ccc2c(c1)NC(=O)CS2)C(CN1CC[C@H](O)C1)c1cccc(C(N)=O)c1. The summed E-state index contributed by atoms with van der Waals surface area (Å²) < 4.78 is 0. The Labute approximate surface area is 197 Å². The molecule has 1 fully saturated rings. The number of hydrogen-bond acceptors (Lipinski definition) is 6. The molecule has 2 aromatic carbocycles. The van der Waals surface area contributed by atoms with Crippen molar-refractivity contribution >= 4 is 35.2 Å². The Morgan fingerprint density at radius 1 is 1.30 bits per heavy atom. The number of nitrogens with two attached hydrogens (primary N) is 1. The smallest absolute Gasteiger partial charge is 0.248 e. The average molecular weight is 469 g/mol. The van der Waals surface area contributed by atoms with Crippen molar-refractivity contribution in [1.29, 1.82) is 0 Å². The van der Waals surface area contributed by atoms with Crippen LogP contribution in [0.15, 0.2) is 47.4 Å². The molecule has 2 aromatic rings. The zero-order chi connectivity index (χ0) is 23.5. The van der Waals surface area contributed by atoms with E-state index in [1.54, 1.807) is 30.1 Å². The van der Waals surface area contributed by atoms with Crippen LogP contribution < -0.4 is 11.1 Å². The van der Waals surface area contributed by atoms with Gasteiger partial charge in [0.05, 0.1) is 30.0 Å². The third kappa shape index (κ3) is 5.55. The summed E-state index contributed by atoms with van der Waals surface area (Å²) >= 11 is 1.48. The number of likely N-dealkylation sites (tertiary alicyclic amines) is 1. The predicted molar refractivity (Wildman–Crippen MR) is 127 cm³/mol. The Kier molecular flexibility index (Phi) is 7.02. The molecular formula is C24H28N4O4S. The summed E-state index contributed by atoms with van der Waals surface area (Å²) in [5.41, 5.74) is 8.23. The average Bonchev–Trinajstić information content (AvgIpc) is 3.21. The van der Waals surface area contributed by atoms with Gasteiger partial charge in [0.2, 0.25) is 17.7 Å². The number of nitrogens with zero attached hydrogens (tertiary/aromatic N) is 2. The second-order valence-corrected chi connectivity index (χ2v) is 9.57. The summed E-state index contributed by atoms with van der Waals surface area (Å²) in [6.07, 6.45) is 0.510. The van der Waals surface area contributed by atoms with Gasteiger partial charge in [-0.1, -0.05) is 18.2 Å². The van der Waals surface area contributed by atoms with Gasteiger partial charge < -0.3 is 21.1 Å². The Morgan fingerprint density at radius 2 is 2.12 bits per heavy atom. The second-order valence-electron chi connectivity index (χ2n) is 8.56. The van der Waals surface area contributed by atoms with Gasteiger partial charge in [0.25, 0.3) is 0 Å². The minimum Gasteiger partial charge on any atom is -0.392 e. The van der Waals surface area contributed by atoms with E-state index < -0.39 is 5.91 Å². The summed E-state index contributed by atoms with van der Waals surface area (Å²) in [6.45, 7) is 1.84. The monoisotopic (exact) mass is 468 g/mol. The molecule has 2 aliphatic rings. The number of carbonyl (C=O) groups is 3. The molecule has 174 valence electrons. The van der Waals surface area contributed by atoms with Crippen LogP contribution in [-0.2, 0) is 16.0 Å². The third-order valence-electron chi connectivity index (χ3n) is 6.13. The number of amides is 3. The van der Waals surface area contributed by atoms with Crippen molar-refractivity contribution in [3.05, 3.63) is 59.2 Å². The molecule has 2 aliphatic heterocycles. The predicted octanol–water partition coefficient (Wildman–Crippen LogP) is 1.64. The lowest BCUT2D eigenvalue weighted by molar-refractivity contribution is -0.131. The molecule has 4 rings (SSSR count). The number of fused-ring (bicyclic) bond motifs is 1. The zero-order valence-electron chi connectivity index (χ0n) is 18.5. The molecule has 0 saturated carbocycles. The van der Waals surface area contributed by atoms with Gasteiger partial charge in [0, 0.05) is 37.1 Å². The zero-order valence-corrected chi connectivity index (χ0v) is 19.3. The van der Waals surface area contributed by atoms with E-state index in [9.17, 15) is 19.5 Å². The molecule has 0 aromatic heterocycles. The molecule has 33 heavy (non-hydrogen) atoms. The first kappa shape index (κ1) is 23.3. The molecule has 1 saturated heterocycles. The molecule has 0 radical (unpaired) electrons. The van der Waals surface area contributed by atoms with E-state index in [0.717, 1.165) is 28.3 Å². The highest BCUT2D eigenvalue weighted by Gasteiger charge is 2.29. The van der Waals surface area contributed by atoms with Gasteiger partial charge in [0.15, 0.2) is 0 Å². The van der Waals surface area contributed by atoms with E-state index in [0.29, 0.717) is 30.8 Å². The number of aliphatic hydroxyl groups is 1. The summed E-state index contributed by atoms with van der Waals surface area (Å²) in [7, 11) is 1.76. The number of thioether (sulfide) groups is 1. The van der Waals surface area contributed by atoms with Crippen LogP contribution in [0.25, 0.3) is 0 Å². The summed E-state index contributed by atoms with van der Waals surface area (Å²) in [6, 6.07) is 12.4. The van der Waals surface area contributed by atoms with Gasteiger partial charge in [-0.25, -0.2) is 0 Å². The number of primary amides is 1. The topological polar surface area (TPSA) is 116 Å². The molecule has 4 N–H and O–H groups in total. The molecule has 1 unspecified atom stereocenters. The van der Waals surface area contributed by atoms with Crippen LogP contribution in [0, 0.1) is 0 Å². The number of nitrogens with one attached hydrogen (secondary N) is 1. The van der Waals surface area contributed by atoms with Crippen molar-refractivity contribution in [3.63, 3.8) is 0 Å². The third-order valence-corrected chi connectivity index (χ3v) is 7.20. The van der Waals surface area contributed by atoms with Crippen molar-refractivity contribution < 1.29 is 19.5 Å². The second kappa shape index (κ2) is 9.94. The minimum absolute atomic E-state index is 0.0460. The standard InChI is InChI=1S/C24H28N4O4S/c1-27(23(31)10-15-5-6-21-19(9-15)26-22(30)14-33-21)20(13-28-8-7-18(29)12-28)16-3-2-4-17(11-16)24(25)32/h2-6,9,11,18,20,29H,7-8,10,12-14H2,1H3,(H2,25,32)(H,26,30)/t18-,20?/m0/s1. The van der Waals surface area contributed by atoms with Crippen LogP contribution >= 0.6 is 11.8 Å². The lowest BCUT2D eigenvalue weighted by Crippen LogP contribution is -2.39. The fraction of sp³-hybridized carbons (Fsp3) is 0.375. The van der Waals surface area contributed by atoms with Gasteiger partial charge in [-0.3, -0.25) is 19.3 Å². The Balaban J connectivity index is 1.55. The largest absolute Gasteiger partial charge is 0.392 e. The number of rotatable bonds is 7. The minimum atomic E-state index is -0.518. The van der Waals surface area contributed by atoms with Gasteiger partial charge in [-0.2, -0.15) is 0 Å². The van der Waals surface area contributed by atoms with Gasteiger partial charge >= 0.3 is 0 Å². The molecule has 2 atom stereocenters. The van der Waals surface area contributed by atoms with Crippen LogP contribution in [0.3, 0.4) is 0 Å². The number of anilines is 1. The molecule has 8 nitrogen and oxygen atoms in total. The van der Waals surface area contributed by atoms with Crippen molar-refractivity contribution in [2.75, 3.05) is 37.8 Å². The quantitative estimate of drug-likeness (QED) is 0.569. The first-order valence-corrected chi connectivity index (χ1v) is 11.9. The first-order chi connectivity index (χ1) is 15.8. The molecule has 0 bridgehead atoms. The number of benzene rings is 2. The number of β-amino-alcohol motifs (C(OH)–C–C–N with tert-alkyl or cyclic N) is 1. The number of likely N-dealkylation sites (N-methyl/N-ethyl adjacent to an activating group) is 1. The highest BCUT2D eigenvalue weighted by molar-refractivity contribution is 8.00. The Hall–Kier alpha value is -2.88. The van der Waals surface area contributed by atoms with Crippen molar-refractivity contribution in [2.24, 2.45) is 5.73 Å². The number of hydrogen-bond donors (Lipinski definition) is 3. The maximum absolute atomic E-state index is 13.3. The fourth-order valence-electron chi connectivity index (χ4n) is 4.29. The first-order valence-electron chi connectivity index (χ1n) is 10.9. The highest BCUT2D eigenvalue weighted by atomic mass is 32.2.